The molecule has 7 nitrogen and oxygen atoms in total. The molecule has 0 aliphatic carbocycles. The van der Waals surface area contributed by atoms with E-state index in [0.29, 0.717) is 39.3 Å². The van der Waals surface area contributed by atoms with Gasteiger partial charge in [-0.2, -0.15) is 0 Å². The fourth-order valence-electron chi connectivity index (χ4n) is 3.60. The predicted molar refractivity (Wildman–Crippen MR) is 124 cm³/mol. The monoisotopic (exact) mass is 444 g/mol. The van der Waals surface area contributed by atoms with E-state index in [2.05, 4.69) is 10.3 Å². The van der Waals surface area contributed by atoms with Gasteiger partial charge in [0.15, 0.2) is 0 Å². The molecule has 2 fully saturated rings. The van der Waals surface area contributed by atoms with E-state index in [1.54, 1.807) is 17.2 Å². The molecule has 2 saturated heterocycles. The minimum Gasteiger partial charge on any atom is -0.376 e. The molecule has 1 N–H and O–H groups in total. The second kappa shape index (κ2) is 8.87. The summed E-state index contributed by atoms with van der Waals surface area (Å²) >= 11 is 6.65. The first-order valence-electron chi connectivity index (χ1n) is 10.1. The molecule has 2 aromatic heterocycles. The molecule has 0 spiro atoms. The van der Waals surface area contributed by atoms with E-state index in [9.17, 15) is 9.59 Å². The lowest BCUT2D eigenvalue weighted by atomic mass is 10.2. The van der Waals surface area contributed by atoms with Crippen LogP contribution in [0.25, 0.3) is 11.7 Å². The molecule has 0 aromatic carbocycles. The minimum absolute atomic E-state index is 0.0181. The van der Waals surface area contributed by atoms with Gasteiger partial charge in [-0.3, -0.25) is 18.9 Å². The average Bonchev–Trinajstić information content (AvgIpc) is 3.33. The van der Waals surface area contributed by atoms with Gasteiger partial charge >= 0.3 is 0 Å². The van der Waals surface area contributed by atoms with Gasteiger partial charge in [-0.15, -0.1) is 0 Å². The third kappa shape index (κ3) is 4.01. The Balaban J connectivity index is 1.73. The Labute approximate surface area is 184 Å². The molecule has 1 unspecified atom stereocenters. The minimum atomic E-state index is -0.216. The number of fused-ring (bicyclic) bond motifs is 1. The third-order valence-corrected chi connectivity index (χ3v) is 6.56. The Bertz CT molecular complexity index is 1090. The van der Waals surface area contributed by atoms with E-state index in [-0.39, 0.29) is 17.6 Å². The van der Waals surface area contributed by atoms with Crippen molar-refractivity contribution in [1.29, 1.82) is 0 Å². The van der Waals surface area contributed by atoms with Gasteiger partial charge in [0.05, 0.1) is 23.1 Å². The average molecular weight is 445 g/mol. The molecule has 2 aliphatic rings. The maximum Gasteiger partial charge on any atom is 0.267 e. The number of rotatable bonds is 6. The van der Waals surface area contributed by atoms with Crippen LogP contribution in [0, 0.1) is 6.92 Å². The van der Waals surface area contributed by atoms with Gasteiger partial charge in [-0.05, 0) is 43.9 Å². The van der Waals surface area contributed by atoms with Crippen molar-refractivity contribution in [3.8, 4) is 0 Å². The number of hydrogen-bond acceptors (Lipinski definition) is 7. The molecule has 0 bridgehead atoms. The van der Waals surface area contributed by atoms with Gasteiger partial charge in [0.1, 0.15) is 15.8 Å². The fraction of sp³-hybridized carbons (Fsp3) is 0.429. The molecule has 9 heteroatoms. The Hall–Kier alpha value is -2.23. The third-order valence-electron chi connectivity index (χ3n) is 5.19. The SMILES string of the molecule is CCCNc1nc2c(C)cccn2c(=O)c1/C=C1/SC(=S)N(CC2CCCO2)C1=O. The van der Waals surface area contributed by atoms with Crippen molar-refractivity contribution < 1.29 is 9.53 Å². The standard InChI is InChI=1S/C21H24N4O3S2/c1-3-8-22-17-15(19(26)24-9-4-6-13(2)18(24)23-17)11-16-20(27)25(21(29)30-16)12-14-7-5-10-28-14/h4,6,9,11,14,22H,3,5,7-8,10,12H2,1-2H3/b16-11+. The van der Waals surface area contributed by atoms with E-state index >= 15 is 0 Å². The Morgan fingerprint density at radius 2 is 2.27 bits per heavy atom. The van der Waals surface area contributed by atoms with E-state index in [1.165, 1.54) is 16.2 Å². The van der Waals surface area contributed by atoms with Crippen LogP contribution in [-0.2, 0) is 9.53 Å². The summed E-state index contributed by atoms with van der Waals surface area (Å²) in [7, 11) is 0. The predicted octanol–water partition coefficient (Wildman–Crippen LogP) is 3.21. The molecule has 2 aliphatic heterocycles. The summed E-state index contributed by atoms with van der Waals surface area (Å²) < 4.78 is 7.67. The first-order valence-corrected chi connectivity index (χ1v) is 11.3. The second-order valence-corrected chi connectivity index (χ2v) is 9.09. The molecule has 30 heavy (non-hydrogen) atoms. The number of pyridine rings is 1. The summed E-state index contributed by atoms with van der Waals surface area (Å²) in [4.78, 5) is 33.0. The van der Waals surface area contributed by atoms with Crippen molar-refractivity contribution >= 4 is 51.7 Å². The molecule has 0 radical (unpaired) electrons. The van der Waals surface area contributed by atoms with Crippen molar-refractivity contribution in [1.82, 2.24) is 14.3 Å². The van der Waals surface area contributed by atoms with E-state index in [4.69, 9.17) is 17.0 Å². The zero-order chi connectivity index (χ0) is 21.3. The molecule has 2 aromatic rings. The zero-order valence-corrected chi connectivity index (χ0v) is 18.6. The second-order valence-electron chi connectivity index (χ2n) is 7.42. The summed E-state index contributed by atoms with van der Waals surface area (Å²) in [5.41, 5.74) is 1.66. The number of thiocarbonyl (C=S) groups is 1. The number of nitrogens with one attached hydrogen (secondary N) is 1. The summed E-state index contributed by atoms with van der Waals surface area (Å²) in [6, 6.07) is 3.73. The summed E-state index contributed by atoms with van der Waals surface area (Å²) in [6.45, 7) is 5.82. The van der Waals surface area contributed by atoms with E-state index in [1.807, 2.05) is 26.0 Å². The van der Waals surface area contributed by atoms with Crippen molar-refractivity contribution in [2.45, 2.75) is 39.2 Å². The lowest BCUT2D eigenvalue weighted by Crippen LogP contribution is -2.35. The maximum absolute atomic E-state index is 13.3. The van der Waals surface area contributed by atoms with Gasteiger partial charge in [0, 0.05) is 19.3 Å². The highest BCUT2D eigenvalue weighted by molar-refractivity contribution is 8.26. The largest absolute Gasteiger partial charge is 0.376 e. The number of amides is 1. The molecular formula is C21H24N4O3S2. The number of hydrogen-bond donors (Lipinski definition) is 1. The molecule has 0 saturated carbocycles. The maximum atomic E-state index is 13.3. The number of nitrogens with zero attached hydrogens (tertiary/aromatic N) is 3. The molecule has 1 amide bonds. The Kier molecular flexibility index (Phi) is 6.21. The fourth-order valence-corrected chi connectivity index (χ4v) is 4.86. The van der Waals surface area contributed by atoms with Crippen LogP contribution >= 0.6 is 24.0 Å². The zero-order valence-electron chi connectivity index (χ0n) is 17.0. The van der Waals surface area contributed by atoms with Crippen molar-refractivity contribution in [3.05, 3.63) is 44.7 Å². The molecule has 1 atom stereocenters. The van der Waals surface area contributed by atoms with Gasteiger partial charge in [-0.1, -0.05) is 37.0 Å². The van der Waals surface area contributed by atoms with E-state index < -0.39 is 0 Å². The van der Waals surface area contributed by atoms with E-state index in [0.717, 1.165) is 31.4 Å². The van der Waals surface area contributed by atoms with Crippen LogP contribution in [-0.4, -0.2) is 50.3 Å². The number of thioether (sulfide) groups is 1. The van der Waals surface area contributed by atoms with Crippen molar-refractivity contribution in [2.24, 2.45) is 0 Å². The van der Waals surface area contributed by atoms with Crippen LogP contribution < -0.4 is 10.9 Å². The van der Waals surface area contributed by atoms with Gasteiger partial charge in [-0.25, -0.2) is 4.98 Å². The summed E-state index contributed by atoms with van der Waals surface area (Å²) in [6.07, 6.45) is 6.15. The Morgan fingerprint density at radius 3 is 3.00 bits per heavy atom. The summed E-state index contributed by atoms with van der Waals surface area (Å²) in [5.74, 6) is 0.302. The van der Waals surface area contributed by atoms with Crippen LogP contribution in [0.5, 0.6) is 0 Å². The van der Waals surface area contributed by atoms with Crippen molar-refractivity contribution in [2.75, 3.05) is 25.0 Å². The smallest absolute Gasteiger partial charge is 0.267 e. The number of carbonyl (C=O) groups is 1. The quantitative estimate of drug-likeness (QED) is 0.542. The topological polar surface area (TPSA) is 75.9 Å². The highest BCUT2D eigenvalue weighted by atomic mass is 32.2. The molecular weight excluding hydrogens is 420 g/mol. The first-order chi connectivity index (χ1) is 14.5. The van der Waals surface area contributed by atoms with Crippen LogP contribution in [0.3, 0.4) is 0 Å². The van der Waals surface area contributed by atoms with Crippen LogP contribution in [0.1, 0.15) is 37.3 Å². The molecule has 4 heterocycles. The number of aromatic nitrogens is 2. The lowest BCUT2D eigenvalue weighted by molar-refractivity contribution is -0.123. The van der Waals surface area contributed by atoms with Gasteiger partial charge < -0.3 is 10.1 Å². The normalized spacial score (nSPS) is 20.7. The number of anilines is 1. The lowest BCUT2D eigenvalue weighted by Gasteiger charge is -2.18. The number of ether oxygens (including phenoxy) is 1. The van der Waals surface area contributed by atoms with Crippen molar-refractivity contribution in [3.63, 3.8) is 0 Å². The molecule has 4 rings (SSSR count). The first kappa shape index (κ1) is 21.0. The van der Waals surface area contributed by atoms with Gasteiger partial charge in [0.2, 0.25) is 0 Å². The molecule has 158 valence electrons. The highest BCUT2D eigenvalue weighted by Gasteiger charge is 2.35. The van der Waals surface area contributed by atoms with Gasteiger partial charge in [0.25, 0.3) is 11.5 Å². The Morgan fingerprint density at radius 1 is 1.43 bits per heavy atom. The number of aryl methyl sites for hydroxylation is 1. The highest BCUT2D eigenvalue weighted by Crippen LogP contribution is 2.34. The summed E-state index contributed by atoms with van der Waals surface area (Å²) in [5, 5.41) is 3.24. The number of carbonyl (C=O) groups excluding carboxylic acids is 1. The van der Waals surface area contributed by atoms with Crippen LogP contribution in [0.15, 0.2) is 28.0 Å². The van der Waals surface area contributed by atoms with Crippen LogP contribution in [0.2, 0.25) is 0 Å². The van der Waals surface area contributed by atoms with Crippen LogP contribution in [0.4, 0.5) is 5.82 Å².